The largest absolute Gasteiger partial charge is 0.507 e. The van der Waals surface area contributed by atoms with E-state index in [1.165, 1.54) is 13.2 Å². The Labute approximate surface area is 112 Å². The zero-order valence-electron chi connectivity index (χ0n) is 11.3. The Balaban J connectivity index is 2.46. The molecule has 102 valence electrons. The summed E-state index contributed by atoms with van der Waals surface area (Å²) in [4.78, 5) is 14.8. The summed E-state index contributed by atoms with van der Waals surface area (Å²) in [5, 5.41) is 10.9. The average Bonchev–Trinajstić information content (AvgIpc) is 2.38. The number of unbranched alkanes of at least 4 members (excludes halogenated alkanes) is 2. The predicted octanol–water partition coefficient (Wildman–Crippen LogP) is 2.98. The maximum atomic E-state index is 12.0. The average molecular weight is 261 g/mol. The number of nitrogens with one attached hydrogen (secondary N) is 1. The summed E-state index contributed by atoms with van der Waals surface area (Å²) in [7, 11) is 1.54. The third-order valence-electron chi connectivity index (χ3n) is 3.24. The van der Waals surface area contributed by atoms with E-state index >= 15 is 0 Å². The Morgan fingerprint density at radius 2 is 2.05 bits per heavy atom. The van der Waals surface area contributed by atoms with Gasteiger partial charge < -0.3 is 14.8 Å². The monoisotopic (exact) mass is 261 g/mol. The van der Waals surface area contributed by atoms with Gasteiger partial charge in [0.1, 0.15) is 11.5 Å². The van der Waals surface area contributed by atoms with Crippen molar-refractivity contribution in [2.75, 3.05) is 7.11 Å². The van der Waals surface area contributed by atoms with E-state index in [4.69, 9.17) is 4.74 Å². The second-order valence-corrected chi connectivity index (χ2v) is 4.69. The van der Waals surface area contributed by atoms with Gasteiger partial charge in [0, 0.05) is 11.8 Å². The Morgan fingerprint density at radius 1 is 1.26 bits per heavy atom. The van der Waals surface area contributed by atoms with Crippen molar-refractivity contribution in [1.82, 2.24) is 4.98 Å². The second kappa shape index (κ2) is 5.78. The summed E-state index contributed by atoms with van der Waals surface area (Å²) in [6, 6.07) is 5.14. The van der Waals surface area contributed by atoms with Crippen molar-refractivity contribution in [3.8, 4) is 11.5 Å². The smallest absolute Gasteiger partial charge is 0.259 e. The molecule has 0 aliphatic rings. The van der Waals surface area contributed by atoms with Crippen LogP contribution in [0.2, 0.25) is 0 Å². The van der Waals surface area contributed by atoms with Crippen LogP contribution in [-0.2, 0) is 6.42 Å². The normalized spacial score (nSPS) is 10.8. The topological polar surface area (TPSA) is 62.3 Å². The lowest BCUT2D eigenvalue weighted by molar-refractivity contribution is 0.409. The number of H-pyrrole nitrogens is 1. The highest BCUT2D eigenvalue weighted by Crippen LogP contribution is 2.28. The van der Waals surface area contributed by atoms with E-state index in [1.54, 1.807) is 6.07 Å². The van der Waals surface area contributed by atoms with Crippen LogP contribution >= 0.6 is 0 Å². The number of benzene rings is 1. The highest BCUT2D eigenvalue weighted by molar-refractivity contribution is 5.88. The molecule has 1 aromatic heterocycles. The van der Waals surface area contributed by atoms with Crippen molar-refractivity contribution in [2.45, 2.75) is 32.6 Å². The summed E-state index contributed by atoms with van der Waals surface area (Å²) in [6.45, 7) is 2.14. The van der Waals surface area contributed by atoms with Crippen LogP contribution in [0.1, 0.15) is 31.9 Å². The minimum Gasteiger partial charge on any atom is -0.507 e. The molecule has 19 heavy (non-hydrogen) atoms. The van der Waals surface area contributed by atoms with Gasteiger partial charge in [0.15, 0.2) is 0 Å². The number of hydrogen-bond donors (Lipinski definition) is 2. The lowest BCUT2D eigenvalue weighted by Crippen LogP contribution is -2.09. The molecule has 0 saturated heterocycles. The molecule has 0 saturated carbocycles. The molecule has 0 fully saturated rings. The summed E-state index contributed by atoms with van der Waals surface area (Å²) in [6.07, 6.45) is 4.18. The molecule has 0 bridgehead atoms. The van der Waals surface area contributed by atoms with Crippen molar-refractivity contribution < 1.29 is 9.84 Å². The number of methoxy groups -OCH3 is 1. The van der Waals surface area contributed by atoms with Gasteiger partial charge in [-0.05, 0) is 30.4 Å². The molecule has 0 aliphatic carbocycles. The number of aromatic amines is 1. The van der Waals surface area contributed by atoms with Crippen LogP contribution in [0.5, 0.6) is 11.5 Å². The summed E-state index contributed by atoms with van der Waals surface area (Å²) >= 11 is 0. The molecule has 4 nitrogen and oxygen atoms in total. The van der Waals surface area contributed by atoms with Gasteiger partial charge in [-0.15, -0.1) is 0 Å². The standard InChI is InChI=1S/C15H19NO3/c1-3-4-5-6-11-7-10-8-12(19-2)9-13(17)14(10)15(18)16-11/h7-9,17H,3-6H2,1-2H3,(H,16,18). The van der Waals surface area contributed by atoms with Crippen LogP contribution in [-0.4, -0.2) is 17.2 Å². The van der Waals surface area contributed by atoms with Gasteiger partial charge in [0.2, 0.25) is 0 Å². The van der Waals surface area contributed by atoms with E-state index in [2.05, 4.69) is 11.9 Å². The molecule has 0 unspecified atom stereocenters. The lowest BCUT2D eigenvalue weighted by atomic mass is 10.1. The molecular weight excluding hydrogens is 242 g/mol. The first-order valence-electron chi connectivity index (χ1n) is 6.58. The zero-order valence-corrected chi connectivity index (χ0v) is 11.3. The highest BCUT2D eigenvalue weighted by atomic mass is 16.5. The molecule has 0 radical (unpaired) electrons. The van der Waals surface area contributed by atoms with Crippen molar-refractivity contribution >= 4 is 10.8 Å². The Morgan fingerprint density at radius 3 is 2.74 bits per heavy atom. The van der Waals surface area contributed by atoms with Crippen LogP contribution in [0.15, 0.2) is 23.0 Å². The van der Waals surface area contributed by atoms with Gasteiger partial charge in [-0.25, -0.2) is 0 Å². The molecule has 0 atom stereocenters. The molecular formula is C15H19NO3. The van der Waals surface area contributed by atoms with E-state index in [0.29, 0.717) is 16.5 Å². The molecule has 0 spiro atoms. The number of fused-ring (bicyclic) bond motifs is 1. The quantitative estimate of drug-likeness (QED) is 0.813. The van der Waals surface area contributed by atoms with Gasteiger partial charge in [-0.2, -0.15) is 0 Å². The lowest BCUT2D eigenvalue weighted by Gasteiger charge is -2.07. The summed E-state index contributed by atoms with van der Waals surface area (Å²) in [5.41, 5.74) is 0.655. The molecule has 2 aromatic rings. The van der Waals surface area contributed by atoms with E-state index in [0.717, 1.165) is 31.4 Å². The van der Waals surface area contributed by atoms with Crippen LogP contribution in [0, 0.1) is 0 Å². The van der Waals surface area contributed by atoms with Crippen molar-refractivity contribution in [1.29, 1.82) is 0 Å². The number of aromatic nitrogens is 1. The Kier molecular flexibility index (Phi) is 4.10. The van der Waals surface area contributed by atoms with Gasteiger partial charge in [0.05, 0.1) is 12.5 Å². The maximum absolute atomic E-state index is 12.0. The van der Waals surface area contributed by atoms with E-state index < -0.39 is 0 Å². The van der Waals surface area contributed by atoms with E-state index in [-0.39, 0.29) is 11.3 Å². The number of rotatable bonds is 5. The molecule has 2 N–H and O–H groups in total. The van der Waals surface area contributed by atoms with E-state index in [1.807, 2.05) is 6.07 Å². The first-order valence-corrected chi connectivity index (χ1v) is 6.58. The first-order chi connectivity index (χ1) is 9.15. The molecule has 2 rings (SSSR count). The fraction of sp³-hybridized carbons (Fsp3) is 0.400. The zero-order chi connectivity index (χ0) is 13.8. The minimum absolute atomic E-state index is 0.0456. The molecule has 1 aromatic carbocycles. The minimum atomic E-state index is -0.246. The maximum Gasteiger partial charge on any atom is 0.259 e. The molecule has 4 heteroatoms. The number of hydrogen-bond acceptors (Lipinski definition) is 3. The number of aryl methyl sites for hydroxylation is 1. The van der Waals surface area contributed by atoms with Gasteiger partial charge in [-0.1, -0.05) is 19.8 Å². The highest BCUT2D eigenvalue weighted by Gasteiger charge is 2.09. The van der Waals surface area contributed by atoms with E-state index in [9.17, 15) is 9.90 Å². The Hall–Kier alpha value is -1.97. The predicted molar refractivity (Wildman–Crippen MR) is 76.0 cm³/mol. The first kappa shape index (κ1) is 13.5. The number of aromatic hydroxyl groups is 1. The number of ether oxygens (including phenoxy) is 1. The number of phenolic OH excluding ortho intramolecular Hbond substituents is 1. The third-order valence-corrected chi connectivity index (χ3v) is 3.24. The number of phenols is 1. The van der Waals surface area contributed by atoms with Crippen LogP contribution in [0.3, 0.4) is 0 Å². The second-order valence-electron chi connectivity index (χ2n) is 4.69. The fourth-order valence-corrected chi connectivity index (χ4v) is 2.23. The summed E-state index contributed by atoms with van der Waals surface area (Å²) in [5.74, 6) is 0.505. The van der Waals surface area contributed by atoms with Crippen LogP contribution in [0.4, 0.5) is 0 Å². The van der Waals surface area contributed by atoms with Gasteiger partial charge >= 0.3 is 0 Å². The van der Waals surface area contributed by atoms with Crippen LogP contribution in [0.25, 0.3) is 10.8 Å². The fourth-order valence-electron chi connectivity index (χ4n) is 2.23. The number of pyridine rings is 1. The van der Waals surface area contributed by atoms with Crippen molar-refractivity contribution in [3.63, 3.8) is 0 Å². The van der Waals surface area contributed by atoms with Crippen LogP contribution < -0.4 is 10.3 Å². The van der Waals surface area contributed by atoms with Crippen molar-refractivity contribution in [2.24, 2.45) is 0 Å². The molecule has 0 aliphatic heterocycles. The molecule has 0 amide bonds. The van der Waals surface area contributed by atoms with Gasteiger partial charge in [-0.3, -0.25) is 4.79 Å². The SMILES string of the molecule is CCCCCc1cc2cc(OC)cc(O)c2c(=O)[nH]1. The Bertz CT molecular complexity index is 631. The summed E-state index contributed by atoms with van der Waals surface area (Å²) < 4.78 is 5.11. The molecule has 1 heterocycles. The third kappa shape index (κ3) is 2.89. The van der Waals surface area contributed by atoms with Gasteiger partial charge in [0.25, 0.3) is 5.56 Å². The van der Waals surface area contributed by atoms with Crippen molar-refractivity contribution in [3.05, 3.63) is 34.2 Å².